The average Bonchev–Trinajstić information content (AvgIpc) is 3.01. The van der Waals surface area contributed by atoms with Gasteiger partial charge in [0.25, 0.3) is 0 Å². The zero-order valence-corrected chi connectivity index (χ0v) is 26.1. The Morgan fingerprint density at radius 1 is 1.20 bits per heavy atom. The van der Waals surface area contributed by atoms with Gasteiger partial charge in [-0.15, -0.1) is 0 Å². The topological polar surface area (TPSA) is 190 Å². The quantitative estimate of drug-likeness (QED) is 0.0558. The third-order valence-electron chi connectivity index (χ3n) is 7.29. The lowest BCUT2D eigenvalue weighted by Gasteiger charge is -2.32. The smallest absolute Gasteiger partial charge is 0.245 e. The number of hydrazine groups is 1. The lowest BCUT2D eigenvalue weighted by molar-refractivity contribution is -0.127. The van der Waals surface area contributed by atoms with Gasteiger partial charge in [-0.2, -0.15) is 0 Å². The minimum Gasteiger partial charge on any atom is -0.493 e. The van der Waals surface area contributed by atoms with Crippen LogP contribution in [0, 0.1) is 10.8 Å². The van der Waals surface area contributed by atoms with Crippen LogP contribution in [0.2, 0.25) is 5.02 Å². The van der Waals surface area contributed by atoms with Crippen molar-refractivity contribution in [3.8, 4) is 17.2 Å². The first-order valence-electron chi connectivity index (χ1n) is 14.2. The van der Waals surface area contributed by atoms with E-state index in [1.165, 1.54) is 13.2 Å². The third-order valence-corrected chi connectivity index (χ3v) is 7.58. The molecule has 1 saturated heterocycles. The number of carbonyl (C=O) groups is 1. The Kier molecular flexibility index (Phi) is 10.6. The normalized spacial score (nSPS) is 16.5. The van der Waals surface area contributed by atoms with Gasteiger partial charge in [0, 0.05) is 61.1 Å². The molecule has 240 valence electrons. The SMILES string of the molecule is C=CC(=O)N1CCC(Oc2cc(C(=N)Nc3cc(Cl)c(OC4=CC(NC=N)NC=C4)cc3C(C)(C)O)c(NN)cc2OC)CC1. The van der Waals surface area contributed by atoms with Crippen molar-refractivity contribution in [1.82, 2.24) is 15.5 Å². The molecule has 1 atom stereocenters. The molecule has 14 heteroatoms. The second-order valence-corrected chi connectivity index (χ2v) is 11.3. The Bertz CT molecular complexity index is 1510. The molecule has 2 heterocycles. The molecule has 2 aliphatic heterocycles. The summed E-state index contributed by atoms with van der Waals surface area (Å²) in [5.74, 6) is 7.27. The Morgan fingerprint density at radius 2 is 1.93 bits per heavy atom. The van der Waals surface area contributed by atoms with Crippen molar-refractivity contribution >= 4 is 41.1 Å². The lowest BCUT2D eigenvalue weighted by Crippen LogP contribution is -2.41. The number of likely N-dealkylation sites (tertiary alicyclic amines) is 1. The molecule has 45 heavy (non-hydrogen) atoms. The highest BCUT2D eigenvalue weighted by Crippen LogP contribution is 2.39. The summed E-state index contributed by atoms with van der Waals surface area (Å²) in [7, 11) is 1.51. The number of amidine groups is 1. The number of allylic oxidation sites excluding steroid dienone is 1. The lowest BCUT2D eigenvalue weighted by atomic mass is 9.95. The third kappa shape index (κ3) is 8.06. The van der Waals surface area contributed by atoms with Gasteiger partial charge in [0.1, 0.15) is 29.6 Å². The summed E-state index contributed by atoms with van der Waals surface area (Å²) in [4.78, 5) is 13.7. The second-order valence-electron chi connectivity index (χ2n) is 10.9. The molecule has 0 aromatic heterocycles. The summed E-state index contributed by atoms with van der Waals surface area (Å²) in [6.07, 6.45) is 8.23. The summed E-state index contributed by atoms with van der Waals surface area (Å²) in [5, 5.41) is 36.4. The fraction of sp³-hybridized carbons (Fsp3) is 0.323. The predicted molar refractivity (Wildman–Crippen MR) is 175 cm³/mol. The van der Waals surface area contributed by atoms with Crippen molar-refractivity contribution in [2.24, 2.45) is 5.84 Å². The van der Waals surface area contributed by atoms with Gasteiger partial charge < -0.3 is 45.6 Å². The maximum absolute atomic E-state index is 12.0. The fourth-order valence-electron chi connectivity index (χ4n) is 4.97. The van der Waals surface area contributed by atoms with E-state index >= 15 is 0 Å². The van der Waals surface area contributed by atoms with Crippen LogP contribution in [0.1, 0.15) is 37.8 Å². The number of halogens is 1. The highest BCUT2D eigenvalue weighted by atomic mass is 35.5. The van der Waals surface area contributed by atoms with Gasteiger partial charge in [-0.3, -0.25) is 21.5 Å². The molecule has 2 aliphatic rings. The van der Waals surface area contributed by atoms with Crippen LogP contribution in [0.15, 0.2) is 61.0 Å². The Labute approximate surface area is 267 Å². The van der Waals surface area contributed by atoms with Crippen LogP contribution in [0.5, 0.6) is 17.2 Å². The van der Waals surface area contributed by atoms with Gasteiger partial charge in [-0.25, -0.2) is 0 Å². The van der Waals surface area contributed by atoms with E-state index in [1.807, 2.05) is 0 Å². The molecule has 9 N–H and O–H groups in total. The molecule has 1 fully saturated rings. The van der Waals surface area contributed by atoms with Gasteiger partial charge in [0.2, 0.25) is 5.91 Å². The Morgan fingerprint density at radius 3 is 2.56 bits per heavy atom. The number of benzene rings is 2. The first kappa shape index (κ1) is 33.2. The number of rotatable bonds is 12. The molecule has 0 bridgehead atoms. The van der Waals surface area contributed by atoms with E-state index in [2.05, 4.69) is 28.0 Å². The number of amides is 1. The standard InChI is InChI=1S/C31H39ClN8O5/c1-5-29(41)40-10-7-18(8-11-40)44-27-13-20(23(39-35)16-26(27)43-4)30(34)38-24-15-22(32)25(14-21(24)31(2,3)42)45-19-6-9-36-28(12-19)37-17-33/h5-6,9,12-18,28,36,39,42H,1,7-8,10-11,35H2,2-4H3,(H2,33,37)(H2,34,38). The number of dihydropyridines is 1. The molecule has 2 aromatic carbocycles. The highest BCUT2D eigenvalue weighted by Gasteiger charge is 2.27. The van der Waals surface area contributed by atoms with Crippen LogP contribution < -0.4 is 41.4 Å². The molecule has 0 spiro atoms. The zero-order chi connectivity index (χ0) is 32.7. The van der Waals surface area contributed by atoms with Gasteiger partial charge in [0.05, 0.1) is 29.8 Å². The Hall–Kier alpha value is -4.72. The number of methoxy groups -OCH3 is 1. The largest absolute Gasteiger partial charge is 0.493 e. The van der Waals surface area contributed by atoms with E-state index in [4.69, 9.17) is 42.5 Å². The predicted octanol–water partition coefficient (Wildman–Crippen LogP) is 3.76. The summed E-state index contributed by atoms with van der Waals surface area (Å²) >= 11 is 6.63. The van der Waals surface area contributed by atoms with Crippen molar-refractivity contribution in [3.05, 3.63) is 77.2 Å². The van der Waals surface area contributed by atoms with Crippen LogP contribution in [0.3, 0.4) is 0 Å². The summed E-state index contributed by atoms with van der Waals surface area (Å²) in [6, 6.07) is 6.48. The molecule has 13 nitrogen and oxygen atoms in total. The van der Waals surface area contributed by atoms with Gasteiger partial charge in [-0.1, -0.05) is 18.2 Å². The van der Waals surface area contributed by atoms with Crippen LogP contribution >= 0.6 is 11.6 Å². The van der Waals surface area contributed by atoms with Gasteiger partial charge in [0.15, 0.2) is 11.5 Å². The molecule has 4 rings (SSSR count). The molecule has 0 aliphatic carbocycles. The number of hydrogen-bond donors (Lipinski definition) is 8. The number of nitrogen functional groups attached to an aromatic ring is 1. The number of ether oxygens (including phenoxy) is 3. The van der Waals surface area contributed by atoms with Gasteiger partial charge in [-0.05, 0) is 44.2 Å². The Balaban J connectivity index is 1.60. The summed E-state index contributed by atoms with van der Waals surface area (Å²) in [5.41, 5.74) is 2.84. The zero-order valence-electron chi connectivity index (χ0n) is 25.4. The number of hydrogen-bond acceptors (Lipinski definition) is 10. The number of aliphatic hydroxyl groups is 1. The maximum Gasteiger partial charge on any atom is 0.245 e. The van der Waals surface area contributed by atoms with Crippen LogP contribution in [0.4, 0.5) is 11.4 Å². The number of carbonyl (C=O) groups excluding carboxylic acids is 1. The van der Waals surface area contributed by atoms with E-state index < -0.39 is 5.60 Å². The number of nitrogens with one attached hydrogen (secondary N) is 6. The molecule has 2 aromatic rings. The molecular weight excluding hydrogens is 600 g/mol. The molecular formula is C31H39ClN8O5. The molecule has 0 saturated carbocycles. The number of piperidine rings is 1. The van der Waals surface area contributed by atoms with Crippen LogP contribution in [-0.2, 0) is 10.4 Å². The van der Waals surface area contributed by atoms with Crippen LogP contribution in [0.25, 0.3) is 0 Å². The average molecular weight is 639 g/mol. The van der Waals surface area contributed by atoms with Crippen molar-refractivity contribution in [2.45, 2.75) is 44.6 Å². The number of anilines is 2. The minimum atomic E-state index is -1.35. The number of nitrogens with zero attached hydrogens (tertiary/aromatic N) is 1. The highest BCUT2D eigenvalue weighted by molar-refractivity contribution is 6.32. The first-order valence-corrected chi connectivity index (χ1v) is 14.6. The van der Waals surface area contributed by atoms with Crippen molar-refractivity contribution in [2.75, 3.05) is 30.9 Å². The molecule has 1 unspecified atom stereocenters. The minimum absolute atomic E-state index is 0.0540. The summed E-state index contributed by atoms with van der Waals surface area (Å²) < 4.78 is 17.9. The molecule has 0 radical (unpaired) electrons. The molecule has 1 amide bonds. The van der Waals surface area contributed by atoms with Gasteiger partial charge >= 0.3 is 0 Å². The summed E-state index contributed by atoms with van der Waals surface area (Å²) in [6.45, 7) is 7.86. The first-order chi connectivity index (χ1) is 21.5. The van der Waals surface area contributed by atoms with E-state index in [0.29, 0.717) is 71.4 Å². The maximum atomic E-state index is 12.0. The van der Waals surface area contributed by atoms with E-state index in [-0.39, 0.29) is 29.0 Å². The monoisotopic (exact) mass is 638 g/mol. The van der Waals surface area contributed by atoms with Crippen molar-refractivity contribution in [1.29, 1.82) is 10.8 Å². The van der Waals surface area contributed by atoms with Crippen LogP contribution in [-0.4, -0.2) is 60.6 Å². The van der Waals surface area contributed by atoms with E-state index in [1.54, 1.807) is 61.4 Å². The van der Waals surface area contributed by atoms with E-state index in [9.17, 15) is 9.90 Å². The van der Waals surface area contributed by atoms with E-state index in [0.717, 1.165) is 6.34 Å². The van der Waals surface area contributed by atoms with Crippen molar-refractivity contribution in [3.63, 3.8) is 0 Å². The van der Waals surface area contributed by atoms with Crippen molar-refractivity contribution < 1.29 is 24.1 Å². The number of nitrogens with two attached hydrogens (primary N) is 1. The second kappa shape index (κ2) is 14.4. The fourth-order valence-corrected chi connectivity index (χ4v) is 5.17.